The normalized spacial score (nSPS) is 10.5. The first-order valence-corrected chi connectivity index (χ1v) is 6.71. The van der Waals surface area contributed by atoms with Crippen molar-refractivity contribution in [2.24, 2.45) is 0 Å². The number of benzene rings is 1. The number of furan rings is 1. The van der Waals surface area contributed by atoms with E-state index in [-0.39, 0.29) is 11.7 Å². The summed E-state index contributed by atoms with van der Waals surface area (Å²) in [5.74, 6) is 0.555. The number of nitrogens with one attached hydrogen (secondary N) is 1. The van der Waals surface area contributed by atoms with E-state index in [4.69, 9.17) is 27.6 Å². The average Bonchev–Trinajstić information content (AvgIpc) is 2.88. The second kappa shape index (κ2) is 6.13. The second-order valence-electron chi connectivity index (χ2n) is 4.04. The van der Waals surface area contributed by atoms with Crippen molar-refractivity contribution in [1.82, 2.24) is 5.32 Å². The van der Waals surface area contributed by atoms with Crippen molar-refractivity contribution in [2.45, 2.75) is 13.3 Å². The lowest BCUT2D eigenvalue weighted by molar-refractivity contribution is 0.0927. The molecule has 1 aromatic heterocycles. The molecule has 1 heterocycles. The average molecular weight is 298 g/mol. The van der Waals surface area contributed by atoms with E-state index in [0.29, 0.717) is 27.9 Å². The Kier molecular flexibility index (Phi) is 4.51. The van der Waals surface area contributed by atoms with Gasteiger partial charge in [-0.2, -0.15) is 0 Å². The smallest absolute Gasteiger partial charge is 0.287 e. The van der Waals surface area contributed by atoms with Crippen LogP contribution in [-0.4, -0.2) is 12.5 Å². The summed E-state index contributed by atoms with van der Waals surface area (Å²) >= 11 is 12.0. The number of carbonyl (C=O) groups excluding carboxylic acids is 1. The van der Waals surface area contributed by atoms with Gasteiger partial charge < -0.3 is 9.73 Å². The fraction of sp³-hybridized carbons (Fsp3) is 0.214. The van der Waals surface area contributed by atoms with Crippen LogP contribution in [0.2, 0.25) is 10.0 Å². The number of hydrogen-bond donors (Lipinski definition) is 1. The van der Waals surface area contributed by atoms with Crippen LogP contribution in [0.3, 0.4) is 0 Å². The van der Waals surface area contributed by atoms with E-state index < -0.39 is 0 Å². The Morgan fingerprint density at radius 1 is 1.26 bits per heavy atom. The zero-order valence-corrected chi connectivity index (χ0v) is 11.9. The predicted molar refractivity (Wildman–Crippen MR) is 76.8 cm³/mol. The van der Waals surface area contributed by atoms with Crippen molar-refractivity contribution < 1.29 is 9.21 Å². The molecule has 0 unspecified atom stereocenters. The molecule has 0 saturated heterocycles. The highest BCUT2D eigenvalue weighted by Crippen LogP contribution is 2.31. The number of rotatable bonds is 4. The van der Waals surface area contributed by atoms with Crippen LogP contribution in [0.15, 0.2) is 34.7 Å². The standard InChI is InChI=1S/C14H13Cl2NO2/c1-2-7-17-14(18)13-6-5-12(19-13)10-8-9(15)3-4-11(10)16/h3-6,8H,2,7H2,1H3,(H,17,18). The van der Waals surface area contributed by atoms with Gasteiger partial charge in [0, 0.05) is 17.1 Å². The quantitative estimate of drug-likeness (QED) is 0.909. The highest BCUT2D eigenvalue weighted by Gasteiger charge is 2.13. The third-order valence-electron chi connectivity index (χ3n) is 2.56. The van der Waals surface area contributed by atoms with E-state index in [1.54, 1.807) is 30.3 Å². The van der Waals surface area contributed by atoms with Gasteiger partial charge >= 0.3 is 0 Å². The second-order valence-corrected chi connectivity index (χ2v) is 4.89. The maximum absolute atomic E-state index is 11.7. The molecule has 19 heavy (non-hydrogen) atoms. The SMILES string of the molecule is CCCNC(=O)c1ccc(-c2cc(Cl)ccc2Cl)o1. The Bertz CT molecular complexity index is 593. The molecule has 0 aliphatic heterocycles. The van der Waals surface area contributed by atoms with Crippen molar-refractivity contribution in [3.05, 3.63) is 46.1 Å². The lowest BCUT2D eigenvalue weighted by atomic mass is 10.2. The van der Waals surface area contributed by atoms with Crippen LogP contribution < -0.4 is 5.32 Å². The predicted octanol–water partition coefficient (Wildman–Crippen LogP) is 4.39. The first-order valence-electron chi connectivity index (χ1n) is 5.95. The maximum Gasteiger partial charge on any atom is 0.287 e. The van der Waals surface area contributed by atoms with Crippen LogP contribution >= 0.6 is 23.2 Å². The third-order valence-corrected chi connectivity index (χ3v) is 3.12. The Morgan fingerprint density at radius 2 is 2.05 bits per heavy atom. The summed E-state index contributed by atoms with van der Waals surface area (Å²) < 4.78 is 5.51. The molecule has 1 N–H and O–H groups in total. The number of hydrogen-bond acceptors (Lipinski definition) is 2. The van der Waals surface area contributed by atoms with Crippen molar-refractivity contribution in [3.63, 3.8) is 0 Å². The van der Waals surface area contributed by atoms with Crippen LogP contribution in [0.1, 0.15) is 23.9 Å². The molecular weight excluding hydrogens is 285 g/mol. The van der Waals surface area contributed by atoms with Gasteiger partial charge in [-0.1, -0.05) is 30.1 Å². The van der Waals surface area contributed by atoms with Crippen molar-refractivity contribution >= 4 is 29.1 Å². The molecule has 0 radical (unpaired) electrons. The van der Waals surface area contributed by atoms with E-state index in [9.17, 15) is 4.79 Å². The molecule has 0 bridgehead atoms. The third kappa shape index (κ3) is 3.31. The van der Waals surface area contributed by atoms with Gasteiger partial charge in [-0.15, -0.1) is 0 Å². The molecule has 3 nitrogen and oxygen atoms in total. The molecule has 0 aliphatic rings. The topological polar surface area (TPSA) is 42.2 Å². The number of amides is 1. The Labute approximate surface area is 121 Å². The van der Waals surface area contributed by atoms with Gasteiger partial charge in [0.1, 0.15) is 5.76 Å². The van der Waals surface area contributed by atoms with Gasteiger partial charge in [0.05, 0.1) is 5.02 Å². The highest BCUT2D eigenvalue weighted by atomic mass is 35.5. The zero-order chi connectivity index (χ0) is 13.8. The minimum absolute atomic E-state index is 0.230. The van der Waals surface area contributed by atoms with Gasteiger partial charge in [0.2, 0.25) is 0 Å². The molecule has 0 atom stereocenters. The van der Waals surface area contributed by atoms with Crippen molar-refractivity contribution in [2.75, 3.05) is 6.54 Å². The van der Waals surface area contributed by atoms with Gasteiger partial charge in [-0.05, 0) is 36.8 Å². The molecule has 100 valence electrons. The van der Waals surface area contributed by atoms with Gasteiger partial charge in [0.25, 0.3) is 5.91 Å². The molecule has 0 aliphatic carbocycles. The minimum atomic E-state index is -0.230. The van der Waals surface area contributed by atoms with Gasteiger partial charge in [-0.25, -0.2) is 0 Å². The van der Waals surface area contributed by atoms with Crippen LogP contribution in [0, 0.1) is 0 Å². The summed E-state index contributed by atoms with van der Waals surface area (Å²) in [7, 11) is 0. The molecule has 1 amide bonds. The first kappa shape index (κ1) is 14.0. The van der Waals surface area contributed by atoms with Crippen molar-refractivity contribution in [1.29, 1.82) is 0 Å². The van der Waals surface area contributed by atoms with Crippen LogP contribution in [0.5, 0.6) is 0 Å². The lowest BCUT2D eigenvalue weighted by Crippen LogP contribution is -2.23. The van der Waals surface area contributed by atoms with E-state index in [2.05, 4.69) is 5.32 Å². The first-order chi connectivity index (χ1) is 9.11. The van der Waals surface area contributed by atoms with Crippen LogP contribution in [0.25, 0.3) is 11.3 Å². The van der Waals surface area contributed by atoms with Gasteiger partial charge in [-0.3, -0.25) is 4.79 Å². The zero-order valence-electron chi connectivity index (χ0n) is 10.4. The highest BCUT2D eigenvalue weighted by molar-refractivity contribution is 6.35. The largest absolute Gasteiger partial charge is 0.451 e. The van der Waals surface area contributed by atoms with E-state index in [1.165, 1.54) is 0 Å². The molecule has 0 fully saturated rings. The Morgan fingerprint density at radius 3 is 2.79 bits per heavy atom. The fourth-order valence-corrected chi connectivity index (χ4v) is 2.00. The summed E-state index contributed by atoms with van der Waals surface area (Å²) in [5, 5.41) is 3.84. The monoisotopic (exact) mass is 297 g/mol. The molecule has 5 heteroatoms. The van der Waals surface area contributed by atoms with E-state index in [1.807, 2.05) is 6.92 Å². The molecular formula is C14H13Cl2NO2. The molecule has 1 aromatic carbocycles. The molecule has 2 aromatic rings. The summed E-state index contributed by atoms with van der Waals surface area (Å²) in [4.78, 5) is 11.7. The Balaban J connectivity index is 2.25. The summed E-state index contributed by atoms with van der Waals surface area (Å²) in [6.45, 7) is 2.60. The van der Waals surface area contributed by atoms with Gasteiger partial charge in [0.15, 0.2) is 5.76 Å². The molecule has 2 rings (SSSR count). The number of carbonyl (C=O) groups is 1. The minimum Gasteiger partial charge on any atom is -0.451 e. The summed E-state index contributed by atoms with van der Waals surface area (Å²) in [6, 6.07) is 8.43. The summed E-state index contributed by atoms with van der Waals surface area (Å²) in [6.07, 6.45) is 0.874. The maximum atomic E-state index is 11.7. The summed E-state index contributed by atoms with van der Waals surface area (Å²) in [5.41, 5.74) is 0.670. The molecule has 0 saturated carbocycles. The van der Waals surface area contributed by atoms with Crippen LogP contribution in [0.4, 0.5) is 0 Å². The molecule has 0 spiro atoms. The van der Waals surface area contributed by atoms with E-state index >= 15 is 0 Å². The van der Waals surface area contributed by atoms with Crippen LogP contribution in [-0.2, 0) is 0 Å². The van der Waals surface area contributed by atoms with Crippen molar-refractivity contribution in [3.8, 4) is 11.3 Å². The van der Waals surface area contributed by atoms with E-state index in [0.717, 1.165) is 6.42 Å². The Hall–Kier alpha value is -1.45. The fourth-order valence-electron chi connectivity index (χ4n) is 1.62. The number of halogens is 2. The lowest BCUT2D eigenvalue weighted by Gasteiger charge is -2.02.